The van der Waals surface area contributed by atoms with Gasteiger partial charge in [0.05, 0.1) is 0 Å². The summed E-state index contributed by atoms with van der Waals surface area (Å²) in [5.74, 6) is -1.30. The number of sulfonamides is 1. The lowest BCUT2D eigenvalue weighted by atomic mass is 10.0. The highest BCUT2D eigenvalue weighted by Crippen LogP contribution is 2.28. The molecule has 5 nitrogen and oxygen atoms in total. The molecule has 0 saturated carbocycles. The van der Waals surface area contributed by atoms with Gasteiger partial charge in [0.25, 0.3) is 0 Å². The summed E-state index contributed by atoms with van der Waals surface area (Å²) in [5.41, 5.74) is 0. The van der Waals surface area contributed by atoms with Gasteiger partial charge in [-0.15, -0.1) is 0 Å². The normalized spacial score (nSPS) is 20.2. The molecule has 0 unspecified atom stereocenters. The Morgan fingerprint density at radius 2 is 2.14 bits per heavy atom. The summed E-state index contributed by atoms with van der Waals surface area (Å²) in [7, 11) is -2.63. The standard InChI is InChI=1S/C13H16ClFN2O3S/c1-16-13(18)11-4-2-3-7-17(11)21(19,20)12-6-5-9(14)8-10(12)15/h5-6,8,11H,2-4,7H2,1H3,(H,16,18)/t11-/m0/s1. The van der Waals surface area contributed by atoms with Gasteiger partial charge in [-0.05, 0) is 31.0 Å². The number of carbonyl (C=O) groups excluding carboxylic acids is 1. The van der Waals surface area contributed by atoms with Crippen LogP contribution in [-0.4, -0.2) is 38.3 Å². The number of carbonyl (C=O) groups is 1. The number of amides is 1. The summed E-state index contributed by atoms with van der Waals surface area (Å²) >= 11 is 5.64. The van der Waals surface area contributed by atoms with Gasteiger partial charge in [-0.1, -0.05) is 18.0 Å². The first-order valence-electron chi connectivity index (χ1n) is 6.56. The van der Waals surface area contributed by atoms with Crippen molar-refractivity contribution in [1.29, 1.82) is 0 Å². The molecule has 1 N–H and O–H groups in total. The third-order valence-corrected chi connectivity index (χ3v) is 5.66. The molecule has 21 heavy (non-hydrogen) atoms. The van der Waals surface area contributed by atoms with Crippen LogP contribution in [0.15, 0.2) is 23.1 Å². The smallest absolute Gasteiger partial charge is 0.246 e. The monoisotopic (exact) mass is 334 g/mol. The van der Waals surface area contributed by atoms with Crippen molar-refractivity contribution < 1.29 is 17.6 Å². The maximum absolute atomic E-state index is 13.9. The summed E-state index contributed by atoms with van der Waals surface area (Å²) in [6.45, 7) is 0.197. The van der Waals surface area contributed by atoms with Crippen molar-refractivity contribution in [3.05, 3.63) is 29.0 Å². The minimum Gasteiger partial charge on any atom is -0.358 e. The average molecular weight is 335 g/mol. The molecule has 1 aliphatic rings. The molecule has 2 rings (SSSR count). The van der Waals surface area contributed by atoms with Gasteiger partial charge >= 0.3 is 0 Å². The highest BCUT2D eigenvalue weighted by atomic mass is 35.5. The zero-order chi connectivity index (χ0) is 15.6. The lowest BCUT2D eigenvalue weighted by Crippen LogP contribution is -2.51. The summed E-state index contributed by atoms with van der Waals surface area (Å²) in [6, 6.07) is 2.59. The third-order valence-electron chi connectivity index (χ3n) is 3.48. The second kappa shape index (κ2) is 6.29. The third kappa shape index (κ3) is 3.20. The number of benzene rings is 1. The maximum Gasteiger partial charge on any atom is 0.246 e. The minimum atomic E-state index is -4.07. The molecule has 1 atom stereocenters. The Balaban J connectivity index is 2.43. The van der Waals surface area contributed by atoms with Crippen LogP contribution in [0.25, 0.3) is 0 Å². The van der Waals surface area contributed by atoms with E-state index in [1.54, 1.807) is 0 Å². The molecular weight excluding hydrogens is 319 g/mol. The van der Waals surface area contributed by atoms with Crippen LogP contribution in [0, 0.1) is 5.82 Å². The Morgan fingerprint density at radius 3 is 2.76 bits per heavy atom. The first-order chi connectivity index (χ1) is 9.87. The van der Waals surface area contributed by atoms with Gasteiger partial charge in [0.15, 0.2) is 0 Å². The van der Waals surface area contributed by atoms with E-state index >= 15 is 0 Å². The van der Waals surface area contributed by atoms with E-state index in [0.29, 0.717) is 12.8 Å². The maximum atomic E-state index is 13.9. The van der Waals surface area contributed by atoms with Crippen molar-refractivity contribution in [2.45, 2.75) is 30.2 Å². The van der Waals surface area contributed by atoms with Crippen LogP contribution in [0.2, 0.25) is 5.02 Å². The molecule has 1 fully saturated rings. The Morgan fingerprint density at radius 1 is 1.43 bits per heavy atom. The topological polar surface area (TPSA) is 66.5 Å². The minimum absolute atomic E-state index is 0.118. The molecule has 1 saturated heterocycles. The van der Waals surface area contributed by atoms with Gasteiger partial charge in [0.2, 0.25) is 15.9 Å². The van der Waals surface area contributed by atoms with E-state index in [4.69, 9.17) is 11.6 Å². The molecule has 1 heterocycles. The van der Waals surface area contributed by atoms with Crippen LogP contribution in [0.5, 0.6) is 0 Å². The predicted molar refractivity (Wildman–Crippen MR) is 77.0 cm³/mol. The van der Waals surface area contributed by atoms with Crippen molar-refractivity contribution in [1.82, 2.24) is 9.62 Å². The molecule has 1 aliphatic heterocycles. The number of hydrogen-bond acceptors (Lipinski definition) is 3. The summed E-state index contributed by atoms with van der Waals surface area (Å²) in [6.07, 6.45) is 1.82. The predicted octanol–water partition coefficient (Wildman–Crippen LogP) is 1.77. The highest BCUT2D eigenvalue weighted by molar-refractivity contribution is 7.89. The second-order valence-electron chi connectivity index (χ2n) is 4.82. The number of halogens is 2. The fraction of sp³-hybridized carbons (Fsp3) is 0.462. The fourth-order valence-electron chi connectivity index (χ4n) is 2.43. The molecule has 1 aromatic carbocycles. The van der Waals surface area contributed by atoms with Crippen molar-refractivity contribution in [3.63, 3.8) is 0 Å². The van der Waals surface area contributed by atoms with Gasteiger partial charge in [-0.25, -0.2) is 12.8 Å². The number of piperidine rings is 1. The van der Waals surface area contributed by atoms with E-state index in [1.807, 2.05) is 0 Å². The van der Waals surface area contributed by atoms with Crippen molar-refractivity contribution >= 4 is 27.5 Å². The molecule has 116 valence electrons. The number of rotatable bonds is 3. The Kier molecular flexibility index (Phi) is 4.85. The number of nitrogens with zero attached hydrogens (tertiary/aromatic N) is 1. The van der Waals surface area contributed by atoms with E-state index in [2.05, 4.69) is 5.32 Å². The quantitative estimate of drug-likeness (QED) is 0.916. The SMILES string of the molecule is CNC(=O)[C@@H]1CCCCN1S(=O)(=O)c1ccc(Cl)cc1F. The van der Waals surface area contributed by atoms with E-state index in [-0.39, 0.29) is 17.5 Å². The molecule has 0 bridgehead atoms. The largest absolute Gasteiger partial charge is 0.358 e. The Labute approximate surface area is 128 Å². The van der Waals surface area contributed by atoms with Crippen LogP contribution in [0.1, 0.15) is 19.3 Å². The van der Waals surface area contributed by atoms with Gasteiger partial charge in [-0.3, -0.25) is 4.79 Å². The lowest BCUT2D eigenvalue weighted by molar-refractivity contribution is -0.125. The van der Waals surface area contributed by atoms with E-state index < -0.39 is 26.8 Å². The summed E-state index contributed by atoms with van der Waals surface area (Å²) in [5, 5.41) is 2.57. The van der Waals surface area contributed by atoms with Crippen LogP contribution in [0.4, 0.5) is 4.39 Å². The van der Waals surface area contributed by atoms with Crippen molar-refractivity contribution in [3.8, 4) is 0 Å². The molecule has 0 radical (unpaired) electrons. The molecule has 8 heteroatoms. The molecule has 1 aromatic rings. The zero-order valence-corrected chi connectivity index (χ0v) is 13.0. The average Bonchev–Trinajstić information content (AvgIpc) is 2.46. The van der Waals surface area contributed by atoms with E-state index in [9.17, 15) is 17.6 Å². The molecule has 0 aromatic heterocycles. The number of hydrogen-bond donors (Lipinski definition) is 1. The van der Waals surface area contributed by atoms with Crippen molar-refractivity contribution in [2.24, 2.45) is 0 Å². The van der Waals surface area contributed by atoms with E-state index in [0.717, 1.165) is 22.9 Å². The fourth-order valence-corrected chi connectivity index (χ4v) is 4.29. The van der Waals surface area contributed by atoms with Gasteiger partial charge in [-0.2, -0.15) is 4.31 Å². The van der Waals surface area contributed by atoms with Crippen LogP contribution < -0.4 is 5.32 Å². The molecule has 1 amide bonds. The lowest BCUT2D eigenvalue weighted by Gasteiger charge is -2.33. The highest BCUT2D eigenvalue weighted by Gasteiger charge is 2.38. The summed E-state index contributed by atoms with van der Waals surface area (Å²) in [4.78, 5) is 11.4. The van der Waals surface area contributed by atoms with Crippen molar-refractivity contribution in [2.75, 3.05) is 13.6 Å². The second-order valence-corrected chi connectivity index (χ2v) is 7.11. The van der Waals surface area contributed by atoms with Crippen LogP contribution in [-0.2, 0) is 14.8 Å². The number of nitrogens with one attached hydrogen (secondary N) is 1. The Hall–Kier alpha value is -1.18. The molecular formula is C13H16ClFN2O3S. The first kappa shape index (κ1) is 16.2. The van der Waals surface area contributed by atoms with Crippen LogP contribution in [0.3, 0.4) is 0 Å². The van der Waals surface area contributed by atoms with Gasteiger partial charge in [0.1, 0.15) is 16.8 Å². The van der Waals surface area contributed by atoms with Gasteiger partial charge in [0, 0.05) is 18.6 Å². The molecule has 0 spiro atoms. The summed E-state index contributed by atoms with van der Waals surface area (Å²) < 4.78 is 40.2. The zero-order valence-electron chi connectivity index (χ0n) is 11.5. The number of likely N-dealkylation sites (N-methyl/N-ethyl adjacent to an activating group) is 1. The van der Waals surface area contributed by atoms with Crippen LogP contribution >= 0.6 is 11.6 Å². The van der Waals surface area contributed by atoms with Gasteiger partial charge < -0.3 is 5.32 Å². The first-order valence-corrected chi connectivity index (χ1v) is 8.38. The van der Waals surface area contributed by atoms with E-state index in [1.165, 1.54) is 13.1 Å². The molecule has 0 aliphatic carbocycles. The Bertz CT molecular complexity index is 651.